The zero-order chi connectivity index (χ0) is 16.7. The summed E-state index contributed by atoms with van der Waals surface area (Å²) in [6.45, 7) is 7.96. The normalized spacial score (nSPS) is 10.3. The van der Waals surface area contributed by atoms with Crippen LogP contribution in [0.1, 0.15) is 11.1 Å². The molecule has 0 fully saturated rings. The lowest BCUT2D eigenvalue weighted by Crippen LogP contribution is -2.00. The van der Waals surface area contributed by atoms with Gasteiger partial charge in [0.05, 0.1) is 5.88 Å². The maximum absolute atomic E-state index is 10.3. The zero-order valence-corrected chi connectivity index (χ0v) is 13.9. The fourth-order valence-corrected chi connectivity index (χ4v) is 2.53. The third-order valence-electron chi connectivity index (χ3n) is 3.49. The summed E-state index contributed by atoms with van der Waals surface area (Å²) in [5.41, 5.74) is 3.81. The lowest BCUT2D eigenvalue weighted by molar-refractivity contribution is 0.344. The molecule has 2 rings (SSSR count). The molecule has 120 valence electrons. The monoisotopic (exact) mass is 328 g/mol. The highest BCUT2D eigenvalue weighted by Gasteiger charge is 2.12. The smallest absolute Gasteiger partial charge is 0.127 e. The van der Waals surface area contributed by atoms with Crippen molar-refractivity contribution in [2.75, 3.05) is 12.5 Å². The van der Waals surface area contributed by atoms with Gasteiger partial charge in [0.1, 0.15) is 18.1 Å². The summed E-state index contributed by atoms with van der Waals surface area (Å²) in [6.07, 6.45) is 5.20. The van der Waals surface area contributed by atoms with Crippen LogP contribution in [0, 0.1) is 0 Å². The van der Waals surface area contributed by atoms with E-state index >= 15 is 0 Å². The summed E-state index contributed by atoms with van der Waals surface area (Å²) in [6, 6.07) is 11.5. The van der Waals surface area contributed by atoms with Gasteiger partial charge in [-0.1, -0.05) is 24.3 Å². The number of halogens is 1. The van der Waals surface area contributed by atoms with Crippen LogP contribution >= 0.6 is 11.6 Å². The van der Waals surface area contributed by atoms with E-state index in [0.717, 1.165) is 35.1 Å². The molecule has 0 saturated carbocycles. The lowest BCUT2D eigenvalue weighted by atomic mass is 9.97. The Labute approximate surface area is 142 Å². The zero-order valence-electron chi connectivity index (χ0n) is 13.1. The number of ether oxygens (including phenoxy) is 1. The van der Waals surface area contributed by atoms with Crippen LogP contribution in [0.4, 0.5) is 0 Å². The second-order valence-corrected chi connectivity index (χ2v) is 5.58. The van der Waals surface area contributed by atoms with Gasteiger partial charge in [-0.15, -0.1) is 24.8 Å². The van der Waals surface area contributed by atoms with Crippen molar-refractivity contribution in [3.05, 3.63) is 72.8 Å². The maximum Gasteiger partial charge on any atom is 0.127 e. The van der Waals surface area contributed by atoms with Crippen molar-refractivity contribution in [1.82, 2.24) is 0 Å². The number of hydrogen-bond donors (Lipinski definition) is 1. The lowest BCUT2D eigenvalue weighted by Gasteiger charge is -2.14. The van der Waals surface area contributed by atoms with Gasteiger partial charge < -0.3 is 9.84 Å². The van der Waals surface area contributed by atoms with Crippen molar-refractivity contribution in [3.63, 3.8) is 0 Å². The second kappa shape index (κ2) is 8.44. The molecule has 0 unspecified atom stereocenters. The highest BCUT2D eigenvalue weighted by molar-refractivity contribution is 6.18. The molecule has 0 radical (unpaired) electrons. The molecule has 0 spiro atoms. The molecular weight excluding hydrogens is 308 g/mol. The Hall–Kier alpha value is -2.19. The quantitative estimate of drug-likeness (QED) is 0.537. The van der Waals surface area contributed by atoms with Gasteiger partial charge in [-0.3, -0.25) is 0 Å². The van der Waals surface area contributed by atoms with Gasteiger partial charge in [0.2, 0.25) is 0 Å². The number of aromatic hydroxyl groups is 1. The number of alkyl halides is 1. The molecule has 3 heteroatoms. The van der Waals surface area contributed by atoms with E-state index in [0.29, 0.717) is 18.2 Å². The van der Waals surface area contributed by atoms with E-state index in [9.17, 15) is 5.11 Å². The van der Waals surface area contributed by atoms with Crippen molar-refractivity contribution < 1.29 is 9.84 Å². The topological polar surface area (TPSA) is 29.5 Å². The number of phenolic OH excluding ortho intramolecular Hbond substituents is 1. The summed E-state index contributed by atoms with van der Waals surface area (Å²) >= 11 is 5.73. The largest absolute Gasteiger partial charge is 0.507 e. The first-order chi connectivity index (χ1) is 11.2. The molecule has 0 aromatic heterocycles. The summed E-state index contributed by atoms with van der Waals surface area (Å²) in [5, 5.41) is 10.3. The van der Waals surface area contributed by atoms with Crippen LogP contribution in [0.3, 0.4) is 0 Å². The van der Waals surface area contributed by atoms with Crippen LogP contribution in [-0.2, 0) is 12.8 Å². The average molecular weight is 329 g/mol. The number of hydrogen-bond acceptors (Lipinski definition) is 2. The number of rotatable bonds is 8. The van der Waals surface area contributed by atoms with E-state index in [1.54, 1.807) is 6.07 Å². The SMILES string of the molecule is C=CCc1ccc(O)c(-c2cc(CC=C)ccc2OCCCl)c1. The Bertz CT molecular complexity index is 692. The van der Waals surface area contributed by atoms with E-state index in [-0.39, 0.29) is 5.75 Å². The molecule has 2 aromatic carbocycles. The number of allylic oxidation sites excluding steroid dienone is 2. The predicted octanol–water partition coefficient (Wildman–Crippen LogP) is 5.13. The average Bonchev–Trinajstić information content (AvgIpc) is 2.56. The first kappa shape index (κ1) is 17.2. The van der Waals surface area contributed by atoms with Gasteiger partial charge >= 0.3 is 0 Å². The Morgan fingerprint density at radius 1 is 0.957 bits per heavy atom. The summed E-state index contributed by atoms with van der Waals surface area (Å²) in [4.78, 5) is 0. The molecule has 0 aliphatic heterocycles. The Morgan fingerprint density at radius 2 is 1.57 bits per heavy atom. The van der Waals surface area contributed by atoms with Crippen molar-refractivity contribution in [2.24, 2.45) is 0 Å². The summed E-state index contributed by atoms with van der Waals surface area (Å²) < 4.78 is 5.74. The minimum Gasteiger partial charge on any atom is -0.507 e. The van der Waals surface area contributed by atoms with Crippen LogP contribution < -0.4 is 4.74 Å². The Kier molecular flexibility index (Phi) is 6.30. The van der Waals surface area contributed by atoms with Crippen LogP contribution in [-0.4, -0.2) is 17.6 Å². The molecule has 0 aliphatic rings. The van der Waals surface area contributed by atoms with Crippen molar-refractivity contribution in [1.29, 1.82) is 0 Å². The van der Waals surface area contributed by atoms with Gasteiger partial charge in [-0.2, -0.15) is 0 Å². The predicted molar refractivity (Wildman–Crippen MR) is 97.6 cm³/mol. The molecule has 23 heavy (non-hydrogen) atoms. The van der Waals surface area contributed by atoms with E-state index in [1.165, 1.54) is 0 Å². The van der Waals surface area contributed by atoms with Gasteiger partial charge in [0, 0.05) is 11.1 Å². The van der Waals surface area contributed by atoms with Crippen molar-refractivity contribution in [2.45, 2.75) is 12.8 Å². The first-order valence-corrected chi connectivity index (χ1v) is 8.08. The minimum absolute atomic E-state index is 0.226. The highest BCUT2D eigenvalue weighted by Crippen LogP contribution is 2.37. The molecule has 0 aliphatic carbocycles. The molecule has 1 N–H and O–H groups in total. The van der Waals surface area contributed by atoms with Crippen LogP contribution in [0.2, 0.25) is 0 Å². The number of benzene rings is 2. The van der Waals surface area contributed by atoms with Gasteiger partial charge in [-0.05, 0) is 48.2 Å². The van der Waals surface area contributed by atoms with Gasteiger partial charge in [0.25, 0.3) is 0 Å². The van der Waals surface area contributed by atoms with E-state index in [4.69, 9.17) is 16.3 Å². The minimum atomic E-state index is 0.226. The van der Waals surface area contributed by atoms with Crippen molar-refractivity contribution in [3.8, 4) is 22.6 Å². The molecule has 0 heterocycles. The van der Waals surface area contributed by atoms with E-state index in [1.807, 2.05) is 42.5 Å². The summed E-state index contributed by atoms with van der Waals surface area (Å²) in [7, 11) is 0. The Balaban J connectivity index is 2.53. The number of phenols is 1. The molecule has 2 nitrogen and oxygen atoms in total. The standard InChI is InChI=1S/C20H21ClO2/c1-3-5-15-7-9-19(22)17(13-15)18-14-16(6-4-2)8-10-20(18)23-12-11-21/h3-4,7-10,13-14,22H,1-2,5-6,11-12H2. The van der Waals surface area contributed by atoms with Crippen LogP contribution in [0.25, 0.3) is 11.1 Å². The fourth-order valence-electron chi connectivity index (χ4n) is 2.45. The van der Waals surface area contributed by atoms with Crippen LogP contribution in [0.5, 0.6) is 11.5 Å². The maximum atomic E-state index is 10.3. The van der Waals surface area contributed by atoms with E-state index < -0.39 is 0 Å². The third-order valence-corrected chi connectivity index (χ3v) is 3.64. The van der Waals surface area contributed by atoms with Crippen molar-refractivity contribution >= 4 is 11.6 Å². The Morgan fingerprint density at radius 3 is 2.17 bits per heavy atom. The third kappa shape index (κ3) is 4.40. The molecular formula is C20H21ClO2. The fraction of sp³-hybridized carbons (Fsp3) is 0.200. The van der Waals surface area contributed by atoms with Crippen LogP contribution in [0.15, 0.2) is 61.7 Å². The van der Waals surface area contributed by atoms with Gasteiger partial charge in [0.15, 0.2) is 0 Å². The molecule has 0 amide bonds. The molecule has 0 saturated heterocycles. The molecule has 2 aromatic rings. The molecule has 0 atom stereocenters. The first-order valence-electron chi connectivity index (χ1n) is 7.55. The second-order valence-electron chi connectivity index (χ2n) is 5.21. The summed E-state index contributed by atoms with van der Waals surface area (Å²) in [5.74, 6) is 1.35. The molecule has 0 bridgehead atoms. The van der Waals surface area contributed by atoms with E-state index in [2.05, 4.69) is 13.2 Å². The highest BCUT2D eigenvalue weighted by atomic mass is 35.5. The van der Waals surface area contributed by atoms with Gasteiger partial charge in [-0.25, -0.2) is 0 Å².